The summed E-state index contributed by atoms with van der Waals surface area (Å²) in [7, 11) is 0. The van der Waals surface area contributed by atoms with Gasteiger partial charge >= 0.3 is 11.9 Å². The van der Waals surface area contributed by atoms with Gasteiger partial charge in [-0.15, -0.1) is 6.42 Å². The average molecular weight is 343 g/mol. The molecule has 0 aliphatic heterocycles. The standard InChI is InChI=1S/C18H17NO6/c1-4-13-9-16(24-12(3)20)10-17(11(13)2)25-18(21)14-5-7-15(8-6-14)19(22)23/h1,5-8,16-17H,9-10H2,2-3H3/t16-,17-/m1/s1. The summed E-state index contributed by atoms with van der Waals surface area (Å²) in [5.41, 5.74) is 1.45. The number of esters is 2. The molecule has 0 N–H and O–H groups in total. The Kier molecular flexibility index (Phi) is 5.55. The molecule has 1 aliphatic rings. The van der Waals surface area contributed by atoms with Crippen LogP contribution in [0.4, 0.5) is 5.69 Å². The molecule has 0 radical (unpaired) electrons. The highest BCUT2D eigenvalue weighted by Crippen LogP contribution is 2.29. The van der Waals surface area contributed by atoms with Crippen molar-refractivity contribution in [1.29, 1.82) is 0 Å². The molecule has 0 aromatic heterocycles. The van der Waals surface area contributed by atoms with Crippen molar-refractivity contribution in [2.24, 2.45) is 0 Å². The second-order valence-corrected chi connectivity index (χ2v) is 5.68. The van der Waals surface area contributed by atoms with Gasteiger partial charge in [-0.05, 0) is 24.6 Å². The lowest BCUT2D eigenvalue weighted by Crippen LogP contribution is -2.32. The van der Waals surface area contributed by atoms with E-state index in [9.17, 15) is 19.7 Å². The number of rotatable bonds is 4. The minimum Gasteiger partial charge on any atom is -0.462 e. The lowest BCUT2D eigenvalue weighted by atomic mass is 9.88. The summed E-state index contributed by atoms with van der Waals surface area (Å²) < 4.78 is 10.7. The summed E-state index contributed by atoms with van der Waals surface area (Å²) in [6, 6.07) is 5.12. The second-order valence-electron chi connectivity index (χ2n) is 5.68. The number of carbonyl (C=O) groups excluding carboxylic acids is 2. The van der Waals surface area contributed by atoms with E-state index in [0.29, 0.717) is 18.4 Å². The van der Waals surface area contributed by atoms with Gasteiger partial charge in [0.25, 0.3) is 5.69 Å². The van der Waals surface area contributed by atoms with Gasteiger partial charge in [-0.2, -0.15) is 0 Å². The van der Waals surface area contributed by atoms with Crippen molar-refractivity contribution in [3.8, 4) is 12.3 Å². The molecule has 0 saturated heterocycles. The Hall–Kier alpha value is -3.14. The zero-order valence-corrected chi connectivity index (χ0v) is 13.9. The van der Waals surface area contributed by atoms with E-state index in [1.54, 1.807) is 6.92 Å². The Morgan fingerprint density at radius 3 is 2.44 bits per heavy atom. The number of non-ortho nitro benzene ring substituents is 1. The van der Waals surface area contributed by atoms with Gasteiger partial charge in [0, 0.05) is 37.5 Å². The quantitative estimate of drug-likeness (QED) is 0.361. The Morgan fingerprint density at radius 2 is 1.92 bits per heavy atom. The molecule has 0 unspecified atom stereocenters. The van der Waals surface area contributed by atoms with Crippen LogP contribution in [0.1, 0.15) is 37.0 Å². The van der Waals surface area contributed by atoms with E-state index >= 15 is 0 Å². The highest BCUT2D eigenvalue weighted by molar-refractivity contribution is 5.90. The monoisotopic (exact) mass is 343 g/mol. The molecule has 0 amide bonds. The van der Waals surface area contributed by atoms with Gasteiger partial charge in [0.05, 0.1) is 10.5 Å². The lowest BCUT2D eigenvalue weighted by molar-refractivity contribution is -0.384. The van der Waals surface area contributed by atoms with Gasteiger partial charge in [-0.1, -0.05) is 5.92 Å². The molecule has 1 aliphatic carbocycles. The van der Waals surface area contributed by atoms with Crippen molar-refractivity contribution in [2.45, 2.75) is 38.9 Å². The summed E-state index contributed by atoms with van der Waals surface area (Å²) in [6.07, 6.45) is 5.13. The molecule has 7 nitrogen and oxygen atoms in total. The lowest BCUT2D eigenvalue weighted by Gasteiger charge is -2.30. The van der Waals surface area contributed by atoms with Gasteiger partial charge < -0.3 is 9.47 Å². The van der Waals surface area contributed by atoms with Crippen LogP contribution in [0.3, 0.4) is 0 Å². The molecule has 0 spiro atoms. The van der Waals surface area contributed by atoms with Crippen molar-refractivity contribution in [3.63, 3.8) is 0 Å². The summed E-state index contributed by atoms with van der Waals surface area (Å²) in [5, 5.41) is 10.7. The zero-order chi connectivity index (χ0) is 18.6. The molecule has 25 heavy (non-hydrogen) atoms. The molecule has 1 aromatic rings. The van der Waals surface area contributed by atoms with E-state index in [1.807, 2.05) is 0 Å². The van der Waals surface area contributed by atoms with E-state index in [4.69, 9.17) is 15.9 Å². The number of carbonyl (C=O) groups is 2. The number of nitrogens with zero attached hydrogens (tertiary/aromatic N) is 1. The summed E-state index contributed by atoms with van der Waals surface area (Å²) >= 11 is 0. The van der Waals surface area contributed by atoms with E-state index in [-0.39, 0.29) is 11.3 Å². The van der Waals surface area contributed by atoms with Crippen LogP contribution in [0.2, 0.25) is 0 Å². The van der Waals surface area contributed by atoms with E-state index < -0.39 is 29.1 Å². The molecular formula is C18H17NO6. The third-order valence-electron chi connectivity index (χ3n) is 3.94. The summed E-state index contributed by atoms with van der Waals surface area (Å²) in [6.45, 7) is 3.07. The normalized spacial score (nSPS) is 19.7. The maximum atomic E-state index is 12.3. The molecule has 0 bridgehead atoms. The first-order valence-corrected chi connectivity index (χ1v) is 7.60. The molecular weight excluding hydrogens is 326 g/mol. The fourth-order valence-electron chi connectivity index (χ4n) is 2.63. The van der Waals surface area contributed by atoms with Gasteiger partial charge in [0.15, 0.2) is 0 Å². The predicted octanol–water partition coefficient (Wildman–Crippen LogP) is 2.80. The Morgan fingerprint density at radius 1 is 1.28 bits per heavy atom. The Labute approximate surface area is 144 Å². The molecule has 130 valence electrons. The first kappa shape index (κ1) is 18.2. The molecule has 2 rings (SSSR count). The molecule has 0 fully saturated rings. The fraction of sp³-hybridized carbons (Fsp3) is 0.333. The van der Waals surface area contributed by atoms with Crippen LogP contribution in [0.25, 0.3) is 0 Å². The number of hydrogen-bond acceptors (Lipinski definition) is 6. The Bertz CT molecular complexity index is 772. The maximum Gasteiger partial charge on any atom is 0.338 e. The smallest absolute Gasteiger partial charge is 0.338 e. The fourth-order valence-corrected chi connectivity index (χ4v) is 2.63. The largest absolute Gasteiger partial charge is 0.462 e. The number of terminal acetylenes is 1. The highest BCUT2D eigenvalue weighted by Gasteiger charge is 2.31. The van der Waals surface area contributed by atoms with Crippen molar-refractivity contribution in [3.05, 3.63) is 51.1 Å². The third-order valence-corrected chi connectivity index (χ3v) is 3.94. The summed E-state index contributed by atoms with van der Waals surface area (Å²) in [4.78, 5) is 33.6. The van der Waals surface area contributed by atoms with E-state index in [0.717, 1.165) is 5.57 Å². The first-order chi connectivity index (χ1) is 11.8. The van der Waals surface area contributed by atoms with Crippen LogP contribution in [-0.2, 0) is 14.3 Å². The topological polar surface area (TPSA) is 95.7 Å². The molecule has 0 saturated carbocycles. The van der Waals surface area contributed by atoms with Crippen molar-refractivity contribution >= 4 is 17.6 Å². The molecule has 1 aromatic carbocycles. The molecule has 0 heterocycles. The minimum absolute atomic E-state index is 0.116. The van der Waals surface area contributed by atoms with Crippen molar-refractivity contribution in [2.75, 3.05) is 0 Å². The van der Waals surface area contributed by atoms with Crippen LogP contribution in [0.5, 0.6) is 0 Å². The summed E-state index contributed by atoms with van der Waals surface area (Å²) in [5.74, 6) is 1.49. The van der Waals surface area contributed by atoms with Crippen LogP contribution in [0.15, 0.2) is 35.4 Å². The van der Waals surface area contributed by atoms with Crippen molar-refractivity contribution < 1.29 is 24.0 Å². The Balaban J connectivity index is 2.16. The van der Waals surface area contributed by atoms with Gasteiger partial charge in [-0.3, -0.25) is 14.9 Å². The molecule has 7 heteroatoms. The van der Waals surface area contributed by atoms with Crippen molar-refractivity contribution in [1.82, 2.24) is 0 Å². The van der Waals surface area contributed by atoms with E-state index in [1.165, 1.54) is 31.2 Å². The van der Waals surface area contributed by atoms with Crippen LogP contribution >= 0.6 is 0 Å². The maximum absolute atomic E-state index is 12.3. The van der Waals surface area contributed by atoms with Crippen LogP contribution in [-0.4, -0.2) is 29.1 Å². The number of nitro groups is 1. The second kappa shape index (κ2) is 7.62. The van der Waals surface area contributed by atoms with Gasteiger partial charge in [0.2, 0.25) is 0 Å². The number of nitro benzene ring substituents is 1. The number of hydrogen-bond donors (Lipinski definition) is 0. The molecule has 2 atom stereocenters. The third kappa shape index (κ3) is 4.44. The predicted molar refractivity (Wildman–Crippen MR) is 88.6 cm³/mol. The van der Waals surface area contributed by atoms with Crippen LogP contribution < -0.4 is 0 Å². The highest BCUT2D eigenvalue weighted by atomic mass is 16.6. The number of ether oxygens (including phenoxy) is 2. The first-order valence-electron chi connectivity index (χ1n) is 7.60. The van der Waals surface area contributed by atoms with E-state index in [2.05, 4.69) is 5.92 Å². The van der Waals surface area contributed by atoms with Gasteiger partial charge in [-0.25, -0.2) is 4.79 Å². The SMILES string of the molecule is C#CC1=C(C)[C@H](OC(=O)c2ccc([N+](=O)[O-])cc2)C[C@H](OC(C)=O)C1. The minimum atomic E-state index is -0.626. The number of benzene rings is 1. The zero-order valence-electron chi connectivity index (χ0n) is 13.9. The average Bonchev–Trinajstić information content (AvgIpc) is 2.57. The van der Waals surface area contributed by atoms with Gasteiger partial charge in [0.1, 0.15) is 12.2 Å². The van der Waals surface area contributed by atoms with Crippen LogP contribution in [0, 0.1) is 22.5 Å².